The minimum absolute atomic E-state index is 0.115. The fraction of sp³-hybridized carbons (Fsp3) is 0.333. The van der Waals surface area contributed by atoms with E-state index in [0.717, 1.165) is 11.3 Å². The summed E-state index contributed by atoms with van der Waals surface area (Å²) >= 11 is 0. The van der Waals surface area contributed by atoms with Crippen LogP contribution in [-0.2, 0) is 4.79 Å². The second kappa shape index (κ2) is 8.21. The molecule has 28 heavy (non-hydrogen) atoms. The SMILES string of the molecule is COc1ccc(OC)c(NC(=O)N[C@H]2CCN(c3ccc(C)c(C)c3)C2=O)c1. The minimum Gasteiger partial charge on any atom is -0.497 e. The molecule has 0 aromatic heterocycles. The van der Waals surface area contributed by atoms with Gasteiger partial charge in [0.25, 0.3) is 0 Å². The van der Waals surface area contributed by atoms with Crippen molar-refractivity contribution < 1.29 is 19.1 Å². The number of rotatable bonds is 5. The smallest absolute Gasteiger partial charge is 0.319 e. The first-order valence-electron chi connectivity index (χ1n) is 9.11. The summed E-state index contributed by atoms with van der Waals surface area (Å²) in [4.78, 5) is 26.9. The maximum atomic E-state index is 12.8. The molecule has 0 bridgehead atoms. The Morgan fingerprint density at radius 1 is 1.07 bits per heavy atom. The molecule has 1 saturated heterocycles. The van der Waals surface area contributed by atoms with Crippen LogP contribution in [0.15, 0.2) is 36.4 Å². The minimum atomic E-state index is -0.571. The zero-order chi connectivity index (χ0) is 20.3. The zero-order valence-corrected chi connectivity index (χ0v) is 16.5. The van der Waals surface area contributed by atoms with Crippen LogP contribution in [0.2, 0.25) is 0 Å². The monoisotopic (exact) mass is 383 g/mol. The third kappa shape index (κ3) is 4.03. The van der Waals surface area contributed by atoms with Gasteiger partial charge in [0.2, 0.25) is 5.91 Å². The molecule has 1 aliphatic heterocycles. The van der Waals surface area contributed by atoms with Gasteiger partial charge in [0, 0.05) is 18.3 Å². The zero-order valence-electron chi connectivity index (χ0n) is 16.5. The first-order valence-corrected chi connectivity index (χ1v) is 9.11. The number of anilines is 2. The van der Waals surface area contributed by atoms with E-state index < -0.39 is 12.1 Å². The molecule has 3 rings (SSSR count). The number of carbonyl (C=O) groups excluding carboxylic acids is 2. The quantitative estimate of drug-likeness (QED) is 0.831. The van der Waals surface area contributed by atoms with Crippen LogP contribution in [0.3, 0.4) is 0 Å². The van der Waals surface area contributed by atoms with Crippen molar-refractivity contribution in [3.05, 3.63) is 47.5 Å². The fourth-order valence-corrected chi connectivity index (χ4v) is 3.19. The van der Waals surface area contributed by atoms with E-state index in [2.05, 4.69) is 10.6 Å². The van der Waals surface area contributed by atoms with Crippen LogP contribution in [-0.4, -0.2) is 38.7 Å². The molecule has 0 unspecified atom stereocenters. The number of nitrogens with one attached hydrogen (secondary N) is 2. The molecular weight excluding hydrogens is 358 g/mol. The van der Waals surface area contributed by atoms with Crippen molar-refractivity contribution in [3.63, 3.8) is 0 Å². The van der Waals surface area contributed by atoms with Gasteiger partial charge in [-0.25, -0.2) is 4.79 Å². The summed E-state index contributed by atoms with van der Waals surface area (Å²) in [5.74, 6) is 0.982. The molecule has 0 saturated carbocycles. The van der Waals surface area contributed by atoms with Gasteiger partial charge in [-0.15, -0.1) is 0 Å². The Morgan fingerprint density at radius 3 is 2.54 bits per heavy atom. The number of nitrogens with zero attached hydrogens (tertiary/aromatic N) is 1. The third-order valence-electron chi connectivity index (χ3n) is 4.97. The van der Waals surface area contributed by atoms with Gasteiger partial charge in [0.1, 0.15) is 17.5 Å². The van der Waals surface area contributed by atoms with Crippen molar-refractivity contribution in [2.24, 2.45) is 0 Å². The molecule has 7 heteroatoms. The van der Waals surface area contributed by atoms with Crippen LogP contribution in [0.25, 0.3) is 0 Å². The first-order chi connectivity index (χ1) is 13.4. The van der Waals surface area contributed by atoms with Crippen molar-refractivity contribution in [3.8, 4) is 11.5 Å². The van der Waals surface area contributed by atoms with E-state index in [4.69, 9.17) is 9.47 Å². The lowest BCUT2D eigenvalue weighted by Gasteiger charge is -2.19. The maximum absolute atomic E-state index is 12.8. The van der Waals surface area contributed by atoms with Crippen molar-refractivity contribution >= 4 is 23.3 Å². The van der Waals surface area contributed by atoms with Crippen molar-refractivity contribution in [1.29, 1.82) is 0 Å². The lowest BCUT2D eigenvalue weighted by atomic mass is 10.1. The van der Waals surface area contributed by atoms with Gasteiger partial charge >= 0.3 is 6.03 Å². The number of amides is 3. The number of ether oxygens (including phenoxy) is 2. The summed E-state index contributed by atoms with van der Waals surface area (Å²) in [5, 5.41) is 5.48. The number of urea groups is 1. The van der Waals surface area contributed by atoms with Crippen molar-refractivity contribution in [1.82, 2.24) is 5.32 Å². The molecule has 3 amide bonds. The van der Waals surface area contributed by atoms with Crippen LogP contribution < -0.4 is 25.0 Å². The molecule has 1 aliphatic rings. The Balaban J connectivity index is 1.67. The van der Waals surface area contributed by atoms with E-state index in [1.807, 2.05) is 32.0 Å². The number of hydrogen-bond donors (Lipinski definition) is 2. The predicted octanol–water partition coefficient (Wildman–Crippen LogP) is 3.25. The van der Waals surface area contributed by atoms with Gasteiger partial charge in [-0.05, 0) is 55.7 Å². The average Bonchev–Trinajstić information content (AvgIpc) is 3.04. The number of carbonyl (C=O) groups is 2. The number of aryl methyl sites for hydroxylation is 2. The molecule has 1 heterocycles. The number of hydrogen-bond acceptors (Lipinski definition) is 4. The molecular formula is C21H25N3O4. The van der Waals surface area contributed by atoms with Gasteiger partial charge in [-0.2, -0.15) is 0 Å². The second-order valence-electron chi connectivity index (χ2n) is 6.76. The van der Waals surface area contributed by atoms with Crippen molar-refractivity contribution in [2.45, 2.75) is 26.3 Å². The van der Waals surface area contributed by atoms with E-state index >= 15 is 0 Å². The Hall–Kier alpha value is -3.22. The van der Waals surface area contributed by atoms with Gasteiger partial charge in [0.05, 0.1) is 19.9 Å². The lowest BCUT2D eigenvalue weighted by Crippen LogP contribution is -2.43. The van der Waals surface area contributed by atoms with E-state index in [9.17, 15) is 9.59 Å². The Bertz CT molecular complexity index is 897. The van der Waals surface area contributed by atoms with E-state index in [1.165, 1.54) is 12.7 Å². The van der Waals surface area contributed by atoms with Gasteiger partial charge < -0.3 is 25.0 Å². The summed E-state index contributed by atoms with van der Waals surface area (Å²) in [5.41, 5.74) is 3.63. The topological polar surface area (TPSA) is 79.9 Å². The summed E-state index contributed by atoms with van der Waals surface area (Å²) in [7, 11) is 3.07. The predicted molar refractivity (Wildman–Crippen MR) is 108 cm³/mol. The molecule has 0 spiro atoms. The van der Waals surface area contributed by atoms with Crippen molar-refractivity contribution in [2.75, 3.05) is 31.0 Å². The average molecular weight is 383 g/mol. The summed E-state index contributed by atoms with van der Waals surface area (Å²) in [6, 6.07) is 10.0. The van der Waals surface area contributed by atoms with Crippen LogP contribution in [0.5, 0.6) is 11.5 Å². The Kier molecular flexibility index (Phi) is 5.73. The molecule has 2 aromatic rings. The van der Waals surface area contributed by atoms with Gasteiger partial charge in [-0.3, -0.25) is 4.79 Å². The van der Waals surface area contributed by atoms with Gasteiger partial charge in [0.15, 0.2) is 0 Å². The molecule has 0 radical (unpaired) electrons. The van der Waals surface area contributed by atoms with E-state index in [1.54, 1.807) is 30.2 Å². The summed E-state index contributed by atoms with van der Waals surface area (Å²) in [6.07, 6.45) is 0.550. The highest BCUT2D eigenvalue weighted by Crippen LogP contribution is 2.29. The molecule has 148 valence electrons. The third-order valence-corrected chi connectivity index (χ3v) is 4.97. The van der Waals surface area contributed by atoms with Crippen LogP contribution in [0, 0.1) is 13.8 Å². The maximum Gasteiger partial charge on any atom is 0.319 e. The molecule has 7 nitrogen and oxygen atoms in total. The largest absolute Gasteiger partial charge is 0.497 e. The Morgan fingerprint density at radius 2 is 1.86 bits per heavy atom. The molecule has 2 N–H and O–H groups in total. The number of benzene rings is 2. The molecule has 1 atom stereocenters. The molecule has 2 aromatic carbocycles. The normalized spacial score (nSPS) is 16.1. The highest BCUT2D eigenvalue weighted by atomic mass is 16.5. The van der Waals surface area contributed by atoms with Crippen LogP contribution >= 0.6 is 0 Å². The first kappa shape index (κ1) is 19.5. The highest BCUT2D eigenvalue weighted by molar-refractivity contribution is 6.02. The summed E-state index contributed by atoms with van der Waals surface area (Å²) in [6.45, 7) is 4.62. The number of methoxy groups -OCH3 is 2. The lowest BCUT2D eigenvalue weighted by molar-refractivity contribution is -0.118. The molecule has 0 aliphatic carbocycles. The van der Waals surface area contributed by atoms with E-state index in [-0.39, 0.29) is 5.91 Å². The Labute approximate surface area is 164 Å². The van der Waals surface area contributed by atoms with Crippen LogP contribution in [0.4, 0.5) is 16.2 Å². The van der Waals surface area contributed by atoms with Gasteiger partial charge in [-0.1, -0.05) is 6.07 Å². The summed E-state index contributed by atoms with van der Waals surface area (Å²) < 4.78 is 10.4. The van der Waals surface area contributed by atoms with E-state index in [0.29, 0.717) is 30.2 Å². The standard InChI is InChI=1S/C21H25N3O4/c1-13-5-6-15(11-14(13)2)24-10-9-17(20(24)25)22-21(26)23-18-12-16(27-3)7-8-19(18)28-4/h5-8,11-12,17H,9-10H2,1-4H3,(H2,22,23,26)/t17-/m0/s1. The second-order valence-corrected chi connectivity index (χ2v) is 6.76. The van der Waals surface area contributed by atoms with Crippen LogP contribution in [0.1, 0.15) is 17.5 Å². The highest BCUT2D eigenvalue weighted by Gasteiger charge is 2.33. The molecule has 1 fully saturated rings. The fourth-order valence-electron chi connectivity index (χ4n) is 3.19.